The third kappa shape index (κ3) is 2.57. The topological polar surface area (TPSA) is 60.9 Å². The Morgan fingerprint density at radius 3 is 2.94 bits per heavy atom. The minimum Gasteiger partial charge on any atom is -0.398 e. The van der Waals surface area contributed by atoms with Gasteiger partial charge in [-0.3, -0.25) is 9.36 Å². The Morgan fingerprint density at radius 1 is 1.50 bits per heavy atom. The number of benzene rings is 1. The number of halogens is 2. The average Bonchev–Trinajstić information content (AvgIpc) is 2.34. The van der Waals surface area contributed by atoms with Crippen LogP contribution in [0.1, 0.15) is 11.3 Å². The largest absolute Gasteiger partial charge is 0.398 e. The fourth-order valence-corrected chi connectivity index (χ4v) is 2.08. The van der Waals surface area contributed by atoms with Crippen molar-refractivity contribution in [2.24, 2.45) is 0 Å². The SMILES string of the molecule is Cc1ncn(Cc2cc(Cl)ccc2N)c(=O)c1Br. The zero-order valence-electron chi connectivity index (χ0n) is 9.65. The maximum Gasteiger partial charge on any atom is 0.268 e. The lowest BCUT2D eigenvalue weighted by Gasteiger charge is -2.09. The fraction of sp³-hybridized carbons (Fsp3) is 0.167. The van der Waals surface area contributed by atoms with Gasteiger partial charge in [0.2, 0.25) is 0 Å². The van der Waals surface area contributed by atoms with Crippen molar-refractivity contribution in [1.29, 1.82) is 0 Å². The second-order valence-corrected chi connectivity index (χ2v) is 5.15. The van der Waals surface area contributed by atoms with Gasteiger partial charge in [-0.05, 0) is 46.6 Å². The van der Waals surface area contributed by atoms with Crippen LogP contribution >= 0.6 is 27.5 Å². The first-order chi connectivity index (χ1) is 8.49. The van der Waals surface area contributed by atoms with E-state index in [1.807, 2.05) is 0 Å². The maximum atomic E-state index is 12.0. The summed E-state index contributed by atoms with van der Waals surface area (Å²) < 4.78 is 1.95. The first-order valence-electron chi connectivity index (χ1n) is 5.24. The summed E-state index contributed by atoms with van der Waals surface area (Å²) in [6.07, 6.45) is 1.50. The molecule has 1 aromatic heterocycles. The van der Waals surface area contributed by atoms with E-state index in [1.165, 1.54) is 10.9 Å². The molecule has 2 rings (SSSR count). The highest BCUT2D eigenvalue weighted by molar-refractivity contribution is 9.10. The Kier molecular flexibility index (Phi) is 3.73. The molecule has 1 heterocycles. The van der Waals surface area contributed by atoms with Crippen LogP contribution in [-0.4, -0.2) is 9.55 Å². The molecular formula is C12H11BrClN3O. The minimum absolute atomic E-state index is 0.137. The van der Waals surface area contributed by atoms with Crippen LogP contribution in [0.2, 0.25) is 5.02 Å². The van der Waals surface area contributed by atoms with Gasteiger partial charge in [-0.25, -0.2) is 4.98 Å². The number of hydrogen-bond acceptors (Lipinski definition) is 3. The number of hydrogen-bond donors (Lipinski definition) is 1. The van der Waals surface area contributed by atoms with E-state index in [-0.39, 0.29) is 5.56 Å². The van der Waals surface area contributed by atoms with Crippen molar-refractivity contribution < 1.29 is 0 Å². The number of nitrogens with zero attached hydrogens (tertiary/aromatic N) is 2. The summed E-state index contributed by atoms with van der Waals surface area (Å²) in [5.74, 6) is 0. The second kappa shape index (κ2) is 5.12. The van der Waals surface area contributed by atoms with Gasteiger partial charge in [0.25, 0.3) is 5.56 Å². The van der Waals surface area contributed by atoms with E-state index in [9.17, 15) is 4.79 Å². The highest BCUT2D eigenvalue weighted by atomic mass is 79.9. The van der Waals surface area contributed by atoms with Crippen LogP contribution in [0.25, 0.3) is 0 Å². The lowest BCUT2D eigenvalue weighted by Crippen LogP contribution is -2.23. The van der Waals surface area contributed by atoms with Gasteiger partial charge in [0.05, 0.1) is 18.6 Å². The second-order valence-electron chi connectivity index (χ2n) is 3.92. The first kappa shape index (κ1) is 13.1. The normalized spacial score (nSPS) is 10.6. The van der Waals surface area contributed by atoms with E-state index in [4.69, 9.17) is 17.3 Å². The highest BCUT2D eigenvalue weighted by Gasteiger charge is 2.07. The van der Waals surface area contributed by atoms with Gasteiger partial charge in [-0.1, -0.05) is 11.6 Å². The smallest absolute Gasteiger partial charge is 0.268 e. The summed E-state index contributed by atoms with van der Waals surface area (Å²) in [7, 11) is 0. The molecule has 0 atom stereocenters. The summed E-state index contributed by atoms with van der Waals surface area (Å²) >= 11 is 9.13. The Morgan fingerprint density at radius 2 is 2.22 bits per heavy atom. The Hall–Kier alpha value is -1.33. The standard InChI is InChI=1S/C12H11BrClN3O/c1-7-11(13)12(18)17(6-16-7)5-8-4-9(14)2-3-10(8)15/h2-4,6H,5,15H2,1H3. The van der Waals surface area contributed by atoms with Crippen LogP contribution in [0.3, 0.4) is 0 Å². The molecule has 0 aliphatic carbocycles. The van der Waals surface area contributed by atoms with Crippen molar-refractivity contribution in [3.05, 3.63) is 55.6 Å². The van der Waals surface area contributed by atoms with E-state index < -0.39 is 0 Å². The van der Waals surface area contributed by atoms with Gasteiger partial charge in [0, 0.05) is 10.7 Å². The first-order valence-corrected chi connectivity index (χ1v) is 6.41. The third-order valence-electron chi connectivity index (χ3n) is 2.60. The quantitative estimate of drug-likeness (QED) is 0.862. The van der Waals surface area contributed by atoms with E-state index in [0.717, 1.165) is 5.56 Å². The Bertz CT molecular complexity index is 654. The molecule has 0 saturated heterocycles. The van der Waals surface area contributed by atoms with E-state index in [0.29, 0.717) is 27.4 Å². The maximum absolute atomic E-state index is 12.0. The summed E-state index contributed by atoms with van der Waals surface area (Å²) in [6, 6.07) is 5.18. The lowest BCUT2D eigenvalue weighted by atomic mass is 10.2. The van der Waals surface area contributed by atoms with Gasteiger partial charge in [-0.15, -0.1) is 0 Å². The number of aryl methyl sites for hydroxylation is 1. The van der Waals surface area contributed by atoms with E-state index in [2.05, 4.69) is 20.9 Å². The monoisotopic (exact) mass is 327 g/mol. The number of anilines is 1. The van der Waals surface area contributed by atoms with Crippen LogP contribution < -0.4 is 11.3 Å². The average molecular weight is 329 g/mol. The molecule has 2 N–H and O–H groups in total. The van der Waals surface area contributed by atoms with Crippen LogP contribution in [0.15, 0.2) is 33.8 Å². The number of rotatable bonds is 2. The van der Waals surface area contributed by atoms with E-state index in [1.54, 1.807) is 25.1 Å². The van der Waals surface area contributed by atoms with E-state index >= 15 is 0 Å². The molecule has 0 fully saturated rings. The number of aromatic nitrogens is 2. The van der Waals surface area contributed by atoms with Crippen LogP contribution in [-0.2, 0) is 6.54 Å². The summed E-state index contributed by atoms with van der Waals surface area (Å²) in [5.41, 5.74) is 7.77. The zero-order valence-corrected chi connectivity index (χ0v) is 12.0. The molecule has 94 valence electrons. The molecular weight excluding hydrogens is 318 g/mol. The highest BCUT2D eigenvalue weighted by Crippen LogP contribution is 2.18. The molecule has 6 heteroatoms. The summed E-state index contributed by atoms with van der Waals surface area (Å²) in [6.45, 7) is 2.11. The van der Waals surface area contributed by atoms with Crippen molar-refractivity contribution in [2.45, 2.75) is 13.5 Å². The van der Waals surface area contributed by atoms with Crippen molar-refractivity contribution >= 4 is 33.2 Å². The molecule has 0 unspecified atom stereocenters. The molecule has 0 bridgehead atoms. The molecule has 1 aromatic carbocycles. The van der Waals surface area contributed by atoms with Gasteiger partial charge in [0.15, 0.2) is 0 Å². The summed E-state index contributed by atoms with van der Waals surface area (Å²) in [4.78, 5) is 16.1. The van der Waals surface area contributed by atoms with Gasteiger partial charge >= 0.3 is 0 Å². The lowest BCUT2D eigenvalue weighted by molar-refractivity contribution is 0.726. The molecule has 18 heavy (non-hydrogen) atoms. The molecule has 0 saturated carbocycles. The zero-order chi connectivity index (χ0) is 13.3. The van der Waals surface area contributed by atoms with Crippen molar-refractivity contribution in [3.8, 4) is 0 Å². The summed E-state index contributed by atoms with van der Waals surface area (Å²) in [5, 5.41) is 0.589. The predicted octanol–water partition coefficient (Wildman–Crippen LogP) is 2.60. The molecule has 0 amide bonds. The molecule has 0 radical (unpaired) electrons. The minimum atomic E-state index is -0.137. The van der Waals surface area contributed by atoms with Crippen LogP contribution in [0, 0.1) is 6.92 Å². The Labute approximate surface area is 118 Å². The molecule has 0 aliphatic rings. The fourth-order valence-electron chi connectivity index (χ4n) is 1.55. The van der Waals surface area contributed by atoms with Crippen LogP contribution in [0.5, 0.6) is 0 Å². The third-order valence-corrected chi connectivity index (χ3v) is 3.75. The van der Waals surface area contributed by atoms with Crippen molar-refractivity contribution in [1.82, 2.24) is 9.55 Å². The van der Waals surface area contributed by atoms with Crippen molar-refractivity contribution in [2.75, 3.05) is 5.73 Å². The molecule has 2 aromatic rings. The predicted molar refractivity (Wildman–Crippen MR) is 75.9 cm³/mol. The molecule has 4 nitrogen and oxygen atoms in total. The van der Waals surface area contributed by atoms with Gasteiger partial charge in [-0.2, -0.15) is 0 Å². The molecule has 0 aliphatic heterocycles. The Balaban J connectivity index is 2.44. The number of nitrogens with two attached hydrogens (primary N) is 1. The van der Waals surface area contributed by atoms with Gasteiger partial charge in [0.1, 0.15) is 4.47 Å². The van der Waals surface area contributed by atoms with Crippen LogP contribution in [0.4, 0.5) is 5.69 Å². The number of nitrogen functional groups attached to an aromatic ring is 1. The molecule has 0 spiro atoms. The van der Waals surface area contributed by atoms with Gasteiger partial charge < -0.3 is 5.73 Å². The van der Waals surface area contributed by atoms with Crippen molar-refractivity contribution in [3.63, 3.8) is 0 Å².